The van der Waals surface area contributed by atoms with E-state index in [2.05, 4.69) is 34.6 Å². The van der Waals surface area contributed by atoms with Gasteiger partial charge in [-0.2, -0.15) is 0 Å². The molecule has 2 unspecified atom stereocenters. The van der Waals surface area contributed by atoms with Gasteiger partial charge in [0.2, 0.25) is 0 Å². The van der Waals surface area contributed by atoms with Crippen molar-refractivity contribution in [3.63, 3.8) is 0 Å². The van der Waals surface area contributed by atoms with Crippen LogP contribution >= 0.6 is 0 Å². The molecular formula is C17H34. The summed E-state index contributed by atoms with van der Waals surface area (Å²) in [5.41, 5.74) is 0.491. The summed E-state index contributed by atoms with van der Waals surface area (Å²) in [6.45, 7) is 12.0. The average Bonchev–Trinajstić information content (AvgIpc) is 2.26. The molecule has 0 aromatic heterocycles. The molecule has 0 aromatic carbocycles. The lowest BCUT2D eigenvalue weighted by molar-refractivity contribution is 0.218. The maximum absolute atomic E-state index is 2.48. The molecule has 1 fully saturated rings. The first-order valence-electron chi connectivity index (χ1n) is 7.89. The normalized spacial score (nSPS) is 22.4. The highest BCUT2D eigenvalue weighted by Gasteiger charge is 2.21. The van der Waals surface area contributed by atoms with E-state index in [1.807, 2.05) is 0 Å². The van der Waals surface area contributed by atoms with Gasteiger partial charge in [0.05, 0.1) is 0 Å². The van der Waals surface area contributed by atoms with Gasteiger partial charge in [-0.3, -0.25) is 0 Å². The SMILES string of the molecule is CC(CCC(C)C(C)(C)C)CC1CCCCC1. The van der Waals surface area contributed by atoms with Crippen LogP contribution in [0.15, 0.2) is 0 Å². The van der Waals surface area contributed by atoms with Gasteiger partial charge in [-0.1, -0.05) is 73.1 Å². The summed E-state index contributed by atoms with van der Waals surface area (Å²) in [6, 6.07) is 0. The molecule has 0 nitrogen and oxygen atoms in total. The van der Waals surface area contributed by atoms with Gasteiger partial charge >= 0.3 is 0 Å². The summed E-state index contributed by atoms with van der Waals surface area (Å²) in [4.78, 5) is 0. The van der Waals surface area contributed by atoms with E-state index in [1.165, 1.54) is 51.4 Å². The van der Waals surface area contributed by atoms with Crippen LogP contribution in [0.1, 0.15) is 86.0 Å². The van der Waals surface area contributed by atoms with Crippen molar-refractivity contribution in [2.75, 3.05) is 0 Å². The van der Waals surface area contributed by atoms with Gasteiger partial charge in [0.15, 0.2) is 0 Å². The van der Waals surface area contributed by atoms with Crippen LogP contribution in [0.25, 0.3) is 0 Å². The summed E-state index contributed by atoms with van der Waals surface area (Å²) < 4.78 is 0. The van der Waals surface area contributed by atoms with Gasteiger partial charge in [0.1, 0.15) is 0 Å². The Bertz CT molecular complexity index is 193. The first-order valence-corrected chi connectivity index (χ1v) is 7.89. The Morgan fingerprint density at radius 1 is 0.941 bits per heavy atom. The van der Waals surface area contributed by atoms with Crippen LogP contribution in [-0.4, -0.2) is 0 Å². The molecule has 0 saturated heterocycles. The minimum atomic E-state index is 0.491. The number of hydrogen-bond donors (Lipinski definition) is 0. The zero-order valence-corrected chi connectivity index (χ0v) is 12.9. The van der Waals surface area contributed by atoms with Crippen LogP contribution in [0.5, 0.6) is 0 Å². The van der Waals surface area contributed by atoms with E-state index in [-0.39, 0.29) is 0 Å². The molecule has 0 aliphatic heterocycles. The van der Waals surface area contributed by atoms with Crippen molar-refractivity contribution >= 4 is 0 Å². The van der Waals surface area contributed by atoms with Crippen LogP contribution in [0.2, 0.25) is 0 Å². The second-order valence-corrected chi connectivity index (χ2v) is 7.69. The van der Waals surface area contributed by atoms with Crippen LogP contribution in [-0.2, 0) is 0 Å². The molecule has 2 atom stereocenters. The third-order valence-electron chi connectivity index (χ3n) is 5.03. The monoisotopic (exact) mass is 238 g/mol. The molecular weight excluding hydrogens is 204 g/mol. The molecule has 0 heterocycles. The molecule has 0 radical (unpaired) electrons. The van der Waals surface area contributed by atoms with Crippen molar-refractivity contribution in [3.8, 4) is 0 Å². The molecule has 1 saturated carbocycles. The van der Waals surface area contributed by atoms with Crippen LogP contribution in [0.3, 0.4) is 0 Å². The Kier molecular flexibility index (Phi) is 6.03. The highest BCUT2D eigenvalue weighted by Crippen LogP contribution is 2.33. The minimum absolute atomic E-state index is 0.491. The molecule has 1 aliphatic rings. The molecule has 1 aliphatic carbocycles. The van der Waals surface area contributed by atoms with Gasteiger partial charge in [-0.05, 0) is 36.0 Å². The standard InChI is InChI=1S/C17H34/c1-14(11-12-15(2)17(3,4)5)13-16-9-7-6-8-10-16/h14-16H,6-13H2,1-5H3. The largest absolute Gasteiger partial charge is 0.0625 e. The van der Waals surface area contributed by atoms with E-state index in [9.17, 15) is 0 Å². The van der Waals surface area contributed by atoms with Crippen molar-refractivity contribution in [1.82, 2.24) is 0 Å². The number of rotatable bonds is 5. The predicted octanol–water partition coefficient (Wildman–Crippen LogP) is 6.06. The highest BCUT2D eigenvalue weighted by molar-refractivity contribution is 4.73. The minimum Gasteiger partial charge on any atom is -0.0625 e. The smallest absolute Gasteiger partial charge is 0.0357 e. The van der Waals surface area contributed by atoms with Gasteiger partial charge < -0.3 is 0 Å². The molecule has 17 heavy (non-hydrogen) atoms. The zero-order chi connectivity index (χ0) is 12.9. The van der Waals surface area contributed by atoms with Gasteiger partial charge in [-0.15, -0.1) is 0 Å². The van der Waals surface area contributed by atoms with Crippen LogP contribution < -0.4 is 0 Å². The Hall–Kier alpha value is 0. The summed E-state index contributed by atoms with van der Waals surface area (Å²) in [6.07, 6.45) is 11.9. The van der Waals surface area contributed by atoms with Crippen molar-refractivity contribution in [2.24, 2.45) is 23.2 Å². The fourth-order valence-electron chi connectivity index (χ4n) is 3.08. The second-order valence-electron chi connectivity index (χ2n) is 7.69. The zero-order valence-electron chi connectivity index (χ0n) is 12.9. The Morgan fingerprint density at radius 2 is 1.53 bits per heavy atom. The third kappa shape index (κ3) is 5.93. The van der Waals surface area contributed by atoms with E-state index in [1.54, 1.807) is 0 Å². The fourth-order valence-corrected chi connectivity index (χ4v) is 3.08. The van der Waals surface area contributed by atoms with Crippen LogP contribution in [0.4, 0.5) is 0 Å². The highest BCUT2D eigenvalue weighted by atomic mass is 14.3. The second kappa shape index (κ2) is 6.81. The molecule has 102 valence electrons. The molecule has 0 bridgehead atoms. The average molecular weight is 238 g/mol. The summed E-state index contributed by atoms with van der Waals surface area (Å²) >= 11 is 0. The first kappa shape index (κ1) is 15.1. The molecule has 0 amide bonds. The van der Waals surface area contributed by atoms with E-state index < -0.39 is 0 Å². The summed E-state index contributed by atoms with van der Waals surface area (Å²) in [7, 11) is 0. The van der Waals surface area contributed by atoms with Gasteiger partial charge in [0.25, 0.3) is 0 Å². The molecule has 0 spiro atoms. The van der Waals surface area contributed by atoms with Crippen molar-refractivity contribution in [2.45, 2.75) is 86.0 Å². The van der Waals surface area contributed by atoms with Gasteiger partial charge in [0, 0.05) is 0 Å². The molecule has 0 heteroatoms. The molecule has 0 aromatic rings. The topological polar surface area (TPSA) is 0 Å². The van der Waals surface area contributed by atoms with Crippen molar-refractivity contribution in [3.05, 3.63) is 0 Å². The van der Waals surface area contributed by atoms with E-state index in [0.717, 1.165) is 17.8 Å². The predicted molar refractivity (Wildman–Crippen MR) is 78.2 cm³/mol. The van der Waals surface area contributed by atoms with Crippen molar-refractivity contribution in [1.29, 1.82) is 0 Å². The summed E-state index contributed by atoms with van der Waals surface area (Å²) in [5, 5.41) is 0. The van der Waals surface area contributed by atoms with Crippen LogP contribution in [0, 0.1) is 23.2 Å². The Labute approximate surface area is 110 Å². The van der Waals surface area contributed by atoms with E-state index in [0.29, 0.717) is 5.41 Å². The lowest BCUT2D eigenvalue weighted by Crippen LogP contribution is -2.18. The molecule has 1 rings (SSSR count). The Balaban J connectivity index is 2.18. The first-order chi connectivity index (χ1) is 7.89. The van der Waals surface area contributed by atoms with Gasteiger partial charge in [-0.25, -0.2) is 0 Å². The lowest BCUT2D eigenvalue weighted by atomic mass is 9.76. The van der Waals surface area contributed by atoms with E-state index >= 15 is 0 Å². The molecule has 0 N–H and O–H groups in total. The number of hydrogen-bond acceptors (Lipinski definition) is 0. The van der Waals surface area contributed by atoms with Crippen molar-refractivity contribution < 1.29 is 0 Å². The maximum atomic E-state index is 2.48. The Morgan fingerprint density at radius 3 is 2.06 bits per heavy atom. The quantitative estimate of drug-likeness (QED) is 0.546. The third-order valence-corrected chi connectivity index (χ3v) is 5.03. The maximum Gasteiger partial charge on any atom is -0.0357 e. The fraction of sp³-hybridized carbons (Fsp3) is 1.00. The summed E-state index contributed by atoms with van der Waals surface area (Å²) in [5.74, 6) is 2.86. The lowest BCUT2D eigenvalue weighted by Gasteiger charge is -2.29. The van der Waals surface area contributed by atoms with E-state index in [4.69, 9.17) is 0 Å².